The molecule has 0 aliphatic heterocycles. The number of halogens is 1. The van der Waals surface area contributed by atoms with Gasteiger partial charge in [-0.2, -0.15) is 10.2 Å². The van der Waals surface area contributed by atoms with Gasteiger partial charge in [-0.05, 0) is 38.8 Å². The Balaban J connectivity index is 1.82. The van der Waals surface area contributed by atoms with Gasteiger partial charge in [-0.3, -0.25) is 9.20 Å². The van der Waals surface area contributed by atoms with Crippen LogP contribution in [-0.2, 0) is 0 Å². The standard InChI is InChI=1S/C21H19ClN6O2/c1-11(2)28-17-13(9-23)14(22)7-8-15(17)27-10-24-16(18(27)21(28)29)19-25-20(30-26-19)12-5-3-4-6-12/h7-8,10-12H,3-6H2,1-2H3. The predicted octanol–water partition coefficient (Wildman–Crippen LogP) is 4.46. The number of nitriles is 1. The molecule has 5 rings (SSSR count). The van der Waals surface area contributed by atoms with E-state index in [4.69, 9.17) is 16.1 Å². The van der Waals surface area contributed by atoms with E-state index in [0.717, 1.165) is 25.7 Å². The number of hydrogen-bond acceptors (Lipinski definition) is 6. The van der Waals surface area contributed by atoms with E-state index in [-0.39, 0.29) is 23.1 Å². The molecule has 0 N–H and O–H groups in total. The van der Waals surface area contributed by atoms with Crippen molar-refractivity contribution in [2.45, 2.75) is 51.5 Å². The van der Waals surface area contributed by atoms with Crippen LogP contribution < -0.4 is 5.56 Å². The van der Waals surface area contributed by atoms with Crippen LogP contribution in [0, 0.1) is 11.3 Å². The molecule has 0 amide bonds. The Morgan fingerprint density at radius 1 is 1.27 bits per heavy atom. The van der Waals surface area contributed by atoms with Gasteiger partial charge in [0.05, 0.1) is 21.6 Å². The maximum Gasteiger partial charge on any atom is 0.278 e. The van der Waals surface area contributed by atoms with Crippen molar-refractivity contribution in [3.05, 3.63) is 45.3 Å². The maximum atomic E-state index is 13.5. The van der Waals surface area contributed by atoms with Crippen LogP contribution in [0.4, 0.5) is 0 Å². The van der Waals surface area contributed by atoms with E-state index in [0.29, 0.717) is 39.0 Å². The van der Waals surface area contributed by atoms with E-state index in [1.165, 1.54) is 0 Å². The third-order valence-electron chi connectivity index (χ3n) is 5.78. The third kappa shape index (κ3) is 2.66. The first kappa shape index (κ1) is 18.8. The Labute approximate surface area is 176 Å². The van der Waals surface area contributed by atoms with E-state index in [9.17, 15) is 10.1 Å². The summed E-state index contributed by atoms with van der Waals surface area (Å²) in [6.07, 6.45) is 5.94. The van der Waals surface area contributed by atoms with Crippen LogP contribution in [0.5, 0.6) is 0 Å². The molecule has 1 fully saturated rings. The Hall–Kier alpha value is -3.18. The molecule has 1 aliphatic rings. The molecular weight excluding hydrogens is 404 g/mol. The summed E-state index contributed by atoms with van der Waals surface area (Å²) in [6, 6.07) is 5.38. The van der Waals surface area contributed by atoms with Crippen molar-refractivity contribution in [1.82, 2.24) is 24.1 Å². The molecule has 1 aliphatic carbocycles. The zero-order valence-corrected chi connectivity index (χ0v) is 17.3. The normalized spacial score (nSPS) is 14.9. The summed E-state index contributed by atoms with van der Waals surface area (Å²) in [7, 11) is 0. The highest BCUT2D eigenvalue weighted by Gasteiger charge is 2.26. The molecule has 30 heavy (non-hydrogen) atoms. The number of hydrogen-bond donors (Lipinski definition) is 0. The first-order chi connectivity index (χ1) is 14.5. The smallest absolute Gasteiger partial charge is 0.278 e. The number of fused-ring (bicyclic) bond motifs is 3. The number of benzene rings is 1. The SMILES string of the molecule is CC(C)n1c(=O)c2c(-c3noc(C4CCCC4)n3)ncn2c2ccc(Cl)c(C#N)c21. The lowest BCUT2D eigenvalue weighted by Crippen LogP contribution is -2.25. The van der Waals surface area contributed by atoms with Gasteiger partial charge in [-0.25, -0.2) is 4.98 Å². The summed E-state index contributed by atoms with van der Waals surface area (Å²) in [6.45, 7) is 3.78. The Morgan fingerprint density at radius 3 is 2.73 bits per heavy atom. The molecule has 152 valence electrons. The van der Waals surface area contributed by atoms with Gasteiger partial charge in [0.15, 0.2) is 0 Å². The fraction of sp³-hybridized carbons (Fsp3) is 0.381. The van der Waals surface area contributed by atoms with Gasteiger partial charge in [0.25, 0.3) is 5.56 Å². The number of nitrogens with zero attached hydrogens (tertiary/aromatic N) is 6. The van der Waals surface area contributed by atoms with Crippen molar-refractivity contribution in [3.63, 3.8) is 0 Å². The number of imidazole rings is 1. The quantitative estimate of drug-likeness (QED) is 0.482. The zero-order valence-electron chi connectivity index (χ0n) is 16.6. The molecule has 0 spiro atoms. The lowest BCUT2D eigenvalue weighted by Gasteiger charge is -2.17. The Bertz CT molecular complexity index is 1380. The Kier molecular flexibility index (Phi) is 4.36. The van der Waals surface area contributed by atoms with Crippen LogP contribution >= 0.6 is 11.6 Å². The summed E-state index contributed by atoms with van der Waals surface area (Å²) in [5, 5.41) is 14.1. The molecule has 0 saturated heterocycles. The van der Waals surface area contributed by atoms with Crippen molar-refractivity contribution in [2.75, 3.05) is 0 Å². The van der Waals surface area contributed by atoms with Gasteiger partial charge in [0.1, 0.15) is 23.6 Å². The summed E-state index contributed by atoms with van der Waals surface area (Å²) < 4.78 is 8.76. The average Bonchev–Trinajstić information content (AvgIpc) is 3.46. The molecule has 1 saturated carbocycles. The van der Waals surface area contributed by atoms with E-state index >= 15 is 0 Å². The summed E-state index contributed by atoms with van der Waals surface area (Å²) in [4.78, 5) is 22.5. The lowest BCUT2D eigenvalue weighted by molar-refractivity contribution is 0.354. The minimum absolute atomic E-state index is 0.197. The minimum Gasteiger partial charge on any atom is -0.339 e. The molecule has 8 nitrogen and oxygen atoms in total. The highest BCUT2D eigenvalue weighted by atomic mass is 35.5. The first-order valence-electron chi connectivity index (χ1n) is 9.99. The molecule has 3 heterocycles. The van der Waals surface area contributed by atoms with Gasteiger partial charge < -0.3 is 9.09 Å². The van der Waals surface area contributed by atoms with Crippen LogP contribution in [0.25, 0.3) is 28.1 Å². The van der Waals surface area contributed by atoms with E-state index < -0.39 is 0 Å². The van der Waals surface area contributed by atoms with Crippen molar-refractivity contribution in [2.24, 2.45) is 0 Å². The van der Waals surface area contributed by atoms with Gasteiger partial charge in [-0.1, -0.05) is 29.6 Å². The molecule has 0 bridgehead atoms. The first-order valence-corrected chi connectivity index (χ1v) is 10.4. The predicted molar refractivity (Wildman–Crippen MR) is 112 cm³/mol. The van der Waals surface area contributed by atoms with Crippen molar-refractivity contribution >= 4 is 28.2 Å². The monoisotopic (exact) mass is 422 g/mol. The third-order valence-corrected chi connectivity index (χ3v) is 6.10. The van der Waals surface area contributed by atoms with E-state index in [2.05, 4.69) is 21.2 Å². The minimum atomic E-state index is -0.281. The summed E-state index contributed by atoms with van der Waals surface area (Å²) >= 11 is 6.25. The second kappa shape index (κ2) is 6.96. The van der Waals surface area contributed by atoms with Gasteiger partial charge in [0.2, 0.25) is 11.7 Å². The van der Waals surface area contributed by atoms with Crippen molar-refractivity contribution in [1.29, 1.82) is 5.26 Å². The molecular formula is C21H19ClN6O2. The van der Waals surface area contributed by atoms with E-state index in [1.807, 2.05) is 13.8 Å². The second-order valence-electron chi connectivity index (χ2n) is 7.92. The topological polar surface area (TPSA) is 102 Å². The molecule has 9 heteroatoms. The summed E-state index contributed by atoms with van der Waals surface area (Å²) in [5.74, 6) is 1.18. The second-order valence-corrected chi connectivity index (χ2v) is 8.33. The van der Waals surface area contributed by atoms with Crippen molar-refractivity contribution < 1.29 is 4.52 Å². The van der Waals surface area contributed by atoms with Crippen LogP contribution in [0.3, 0.4) is 0 Å². The number of aromatic nitrogens is 5. The van der Waals surface area contributed by atoms with Crippen LogP contribution in [0.15, 0.2) is 27.8 Å². The molecule has 0 unspecified atom stereocenters. The largest absolute Gasteiger partial charge is 0.339 e. The lowest BCUT2D eigenvalue weighted by atomic mass is 10.1. The van der Waals surface area contributed by atoms with Gasteiger partial charge >= 0.3 is 0 Å². The fourth-order valence-corrected chi connectivity index (χ4v) is 4.57. The molecule has 0 radical (unpaired) electrons. The Morgan fingerprint density at radius 2 is 2.03 bits per heavy atom. The van der Waals surface area contributed by atoms with Gasteiger partial charge in [-0.15, -0.1) is 0 Å². The van der Waals surface area contributed by atoms with Crippen molar-refractivity contribution in [3.8, 4) is 17.6 Å². The molecule has 4 aromatic rings. The highest BCUT2D eigenvalue weighted by molar-refractivity contribution is 6.32. The van der Waals surface area contributed by atoms with Crippen LogP contribution in [0.2, 0.25) is 5.02 Å². The summed E-state index contributed by atoms with van der Waals surface area (Å²) in [5.41, 5.74) is 1.86. The van der Waals surface area contributed by atoms with Crippen LogP contribution in [0.1, 0.15) is 62.9 Å². The zero-order chi connectivity index (χ0) is 21.0. The van der Waals surface area contributed by atoms with Gasteiger partial charge in [0, 0.05) is 12.0 Å². The molecule has 1 aromatic carbocycles. The molecule has 0 atom stereocenters. The number of rotatable bonds is 3. The average molecular weight is 423 g/mol. The molecule has 3 aromatic heterocycles. The maximum absolute atomic E-state index is 13.5. The highest BCUT2D eigenvalue weighted by Crippen LogP contribution is 2.34. The fourth-order valence-electron chi connectivity index (χ4n) is 4.38. The van der Waals surface area contributed by atoms with Crippen LogP contribution in [-0.4, -0.2) is 24.1 Å². The van der Waals surface area contributed by atoms with E-state index in [1.54, 1.807) is 27.4 Å².